The molecule has 3 N–H and O–H groups in total. The highest BCUT2D eigenvalue weighted by atomic mass is 32.2. The number of rotatable bonds is 4. The molecule has 106 valence electrons. The maximum atomic E-state index is 12.2. The number of thiocarbonyl (C=S) groups is 1. The first-order valence-corrected chi connectivity index (χ1v) is 9.01. The van der Waals surface area contributed by atoms with Gasteiger partial charge in [-0.25, -0.2) is 13.1 Å². The van der Waals surface area contributed by atoms with Gasteiger partial charge in [-0.2, -0.15) is 0 Å². The summed E-state index contributed by atoms with van der Waals surface area (Å²) >= 11 is 5.97. The second kappa shape index (κ2) is 5.87. The van der Waals surface area contributed by atoms with Crippen LogP contribution in [0, 0.1) is 5.92 Å². The van der Waals surface area contributed by atoms with Gasteiger partial charge in [-0.05, 0) is 43.7 Å². The second-order valence-corrected chi connectivity index (χ2v) is 8.53. The van der Waals surface area contributed by atoms with Crippen molar-refractivity contribution in [2.45, 2.75) is 42.9 Å². The van der Waals surface area contributed by atoms with Gasteiger partial charge in [0.2, 0.25) is 10.0 Å². The summed E-state index contributed by atoms with van der Waals surface area (Å²) in [7, 11) is -3.44. The molecular weight excluding hydrogens is 300 g/mol. The minimum absolute atomic E-state index is 0.0524. The summed E-state index contributed by atoms with van der Waals surface area (Å²) in [4.78, 5) is 0.866. The lowest BCUT2D eigenvalue weighted by atomic mass is 9.88. The first-order valence-electron chi connectivity index (χ1n) is 6.30. The smallest absolute Gasteiger partial charge is 0.250 e. The second-order valence-electron chi connectivity index (χ2n) is 5.06. The molecule has 0 aliphatic heterocycles. The molecule has 0 atom stereocenters. The topological polar surface area (TPSA) is 72.2 Å². The molecule has 0 saturated heterocycles. The van der Waals surface area contributed by atoms with E-state index in [1.165, 1.54) is 0 Å². The van der Waals surface area contributed by atoms with Crippen LogP contribution in [-0.4, -0.2) is 19.4 Å². The van der Waals surface area contributed by atoms with Gasteiger partial charge in [0.15, 0.2) is 0 Å². The van der Waals surface area contributed by atoms with Gasteiger partial charge < -0.3 is 5.73 Å². The van der Waals surface area contributed by atoms with Crippen LogP contribution in [0.4, 0.5) is 0 Å². The Hall–Kier alpha value is -0.500. The first kappa shape index (κ1) is 14.9. The Bertz CT molecular complexity index is 557. The number of thiophene rings is 1. The highest BCUT2D eigenvalue weighted by Gasteiger charge is 2.25. The van der Waals surface area contributed by atoms with E-state index in [-0.39, 0.29) is 15.2 Å². The lowest BCUT2D eigenvalue weighted by Crippen LogP contribution is -2.36. The van der Waals surface area contributed by atoms with Crippen LogP contribution in [0.15, 0.2) is 16.3 Å². The molecule has 1 fully saturated rings. The molecule has 0 spiro atoms. The fourth-order valence-electron chi connectivity index (χ4n) is 2.25. The van der Waals surface area contributed by atoms with Crippen molar-refractivity contribution in [2.24, 2.45) is 11.7 Å². The van der Waals surface area contributed by atoms with E-state index in [2.05, 4.69) is 11.6 Å². The fraction of sp³-hybridized carbons (Fsp3) is 0.583. The minimum atomic E-state index is -3.44. The van der Waals surface area contributed by atoms with E-state index in [9.17, 15) is 8.42 Å². The first-order chi connectivity index (χ1) is 8.88. The molecule has 1 heterocycles. The van der Waals surface area contributed by atoms with Gasteiger partial charge in [-0.3, -0.25) is 0 Å². The number of hydrogen-bond donors (Lipinski definition) is 2. The SMILES string of the molecule is CC1CCC(NS(=O)(=O)c2ccc(C(N)=S)s2)CC1. The Kier molecular flexibility index (Phi) is 4.60. The van der Waals surface area contributed by atoms with Gasteiger partial charge in [-0.1, -0.05) is 19.1 Å². The van der Waals surface area contributed by atoms with Gasteiger partial charge in [0, 0.05) is 6.04 Å². The van der Waals surface area contributed by atoms with E-state index in [1.807, 2.05) is 0 Å². The summed E-state index contributed by atoms with van der Waals surface area (Å²) in [5.74, 6) is 0.698. The van der Waals surface area contributed by atoms with Crippen LogP contribution in [0.1, 0.15) is 37.5 Å². The minimum Gasteiger partial charge on any atom is -0.389 e. The molecule has 19 heavy (non-hydrogen) atoms. The summed E-state index contributed by atoms with van der Waals surface area (Å²) in [6, 6.07) is 3.27. The quantitative estimate of drug-likeness (QED) is 0.835. The van der Waals surface area contributed by atoms with E-state index in [0.29, 0.717) is 10.8 Å². The maximum Gasteiger partial charge on any atom is 0.250 e. The van der Waals surface area contributed by atoms with Crippen LogP contribution in [0.25, 0.3) is 0 Å². The molecule has 7 heteroatoms. The number of nitrogens with one attached hydrogen (secondary N) is 1. The zero-order chi connectivity index (χ0) is 14.0. The number of sulfonamides is 1. The molecule has 1 saturated carbocycles. The molecule has 1 aromatic heterocycles. The molecular formula is C12H18N2O2S3. The van der Waals surface area contributed by atoms with Crippen molar-refractivity contribution in [3.63, 3.8) is 0 Å². The normalized spacial score (nSPS) is 24.3. The van der Waals surface area contributed by atoms with E-state index >= 15 is 0 Å². The third-order valence-corrected chi connectivity index (χ3v) is 6.91. The van der Waals surface area contributed by atoms with E-state index in [0.717, 1.165) is 37.0 Å². The van der Waals surface area contributed by atoms with Gasteiger partial charge in [0.05, 0.1) is 4.88 Å². The Morgan fingerprint density at radius 1 is 1.37 bits per heavy atom. The molecule has 4 nitrogen and oxygen atoms in total. The van der Waals surface area contributed by atoms with Crippen molar-refractivity contribution in [3.8, 4) is 0 Å². The molecule has 0 aromatic carbocycles. The molecule has 2 rings (SSSR count). The molecule has 0 unspecified atom stereocenters. The summed E-state index contributed by atoms with van der Waals surface area (Å²) < 4.78 is 27.5. The summed E-state index contributed by atoms with van der Waals surface area (Å²) in [6.07, 6.45) is 3.98. The third kappa shape index (κ3) is 3.75. The molecule has 1 aromatic rings. The lowest BCUT2D eigenvalue weighted by molar-refractivity contribution is 0.332. The standard InChI is InChI=1S/C12H18N2O2S3/c1-8-2-4-9(5-3-8)14-19(15,16)11-7-6-10(18-11)12(13)17/h6-9,14H,2-5H2,1H3,(H2,13,17). The number of nitrogens with two attached hydrogens (primary N) is 1. The lowest BCUT2D eigenvalue weighted by Gasteiger charge is -2.26. The molecule has 0 amide bonds. The van der Waals surface area contributed by atoms with Crippen LogP contribution in [0.3, 0.4) is 0 Å². The largest absolute Gasteiger partial charge is 0.389 e. The molecule has 0 bridgehead atoms. The Morgan fingerprint density at radius 3 is 2.53 bits per heavy atom. The van der Waals surface area contributed by atoms with Crippen LogP contribution in [-0.2, 0) is 10.0 Å². The van der Waals surface area contributed by atoms with E-state index in [4.69, 9.17) is 18.0 Å². The van der Waals surface area contributed by atoms with Crippen LogP contribution >= 0.6 is 23.6 Å². The maximum absolute atomic E-state index is 12.2. The summed E-state index contributed by atoms with van der Waals surface area (Å²) in [5.41, 5.74) is 5.50. The highest BCUT2D eigenvalue weighted by molar-refractivity contribution is 7.91. The van der Waals surface area contributed by atoms with E-state index in [1.54, 1.807) is 12.1 Å². The Labute approximate surface area is 123 Å². The van der Waals surface area contributed by atoms with Crippen molar-refractivity contribution < 1.29 is 8.42 Å². The fourth-order valence-corrected chi connectivity index (χ4v) is 4.93. The Morgan fingerprint density at radius 2 is 2.00 bits per heavy atom. The van der Waals surface area contributed by atoms with Crippen LogP contribution in [0.2, 0.25) is 0 Å². The monoisotopic (exact) mass is 318 g/mol. The van der Waals surface area contributed by atoms with Gasteiger partial charge >= 0.3 is 0 Å². The highest BCUT2D eigenvalue weighted by Crippen LogP contribution is 2.26. The van der Waals surface area contributed by atoms with Crippen LogP contribution in [0.5, 0.6) is 0 Å². The number of hydrogen-bond acceptors (Lipinski definition) is 4. The predicted molar refractivity (Wildman–Crippen MR) is 81.9 cm³/mol. The molecule has 1 aliphatic rings. The zero-order valence-electron chi connectivity index (χ0n) is 10.8. The van der Waals surface area contributed by atoms with Crippen molar-refractivity contribution >= 4 is 38.6 Å². The average Bonchev–Trinajstić information content (AvgIpc) is 2.82. The van der Waals surface area contributed by atoms with Crippen molar-refractivity contribution in [2.75, 3.05) is 0 Å². The van der Waals surface area contributed by atoms with Crippen LogP contribution < -0.4 is 10.5 Å². The van der Waals surface area contributed by atoms with Gasteiger partial charge in [0.1, 0.15) is 9.20 Å². The predicted octanol–water partition coefficient (Wildman–Crippen LogP) is 2.24. The zero-order valence-corrected chi connectivity index (χ0v) is 13.2. The molecule has 1 aliphatic carbocycles. The average molecular weight is 318 g/mol. The van der Waals surface area contributed by atoms with Crippen molar-refractivity contribution in [1.29, 1.82) is 0 Å². The van der Waals surface area contributed by atoms with Gasteiger partial charge in [0.25, 0.3) is 0 Å². The Balaban J connectivity index is 2.07. The summed E-state index contributed by atoms with van der Waals surface area (Å²) in [6.45, 7) is 2.21. The van der Waals surface area contributed by atoms with Crippen molar-refractivity contribution in [1.82, 2.24) is 4.72 Å². The third-order valence-electron chi connectivity index (χ3n) is 3.43. The van der Waals surface area contributed by atoms with Gasteiger partial charge in [-0.15, -0.1) is 11.3 Å². The molecule has 0 radical (unpaired) electrons. The van der Waals surface area contributed by atoms with Crippen molar-refractivity contribution in [3.05, 3.63) is 17.0 Å². The summed E-state index contributed by atoms with van der Waals surface area (Å²) in [5, 5.41) is 0. The van der Waals surface area contributed by atoms with E-state index < -0.39 is 10.0 Å².